The summed E-state index contributed by atoms with van der Waals surface area (Å²) in [6.07, 6.45) is 4.03. The lowest BCUT2D eigenvalue weighted by molar-refractivity contribution is 0.597. The molecule has 0 radical (unpaired) electrons. The van der Waals surface area contributed by atoms with Crippen LogP contribution in [0.2, 0.25) is 0 Å². The molecule has 33 heavy (non-hydrogen) atoms. The number of nitrogens with zero attached hydrogens (tertiary/aromatic N) is 2. The maximum atomic E-state index is 4.85. The molecule has 2 nitrogen and oxygen atoms in total. The molecular formula is C28H26N2S3. The lowest BCUT2D eigenvalue weighted by Gasteiger charge is -2.21. The minimum absolute atomic E-state index is 0.0703. The summed E-state index contributed by atoms with van der Waals surface area (Å²) in [5, 5.41) is 6.23. The molecule has 0 aliphatic heterocycles. The first kappa shape index (κ1) is 21.2. The predicted octanol–water partition coefficient (Wildman–Crippen LogP) is 9.50. The SMILES string of the molecule is CCCc1c(C)sc2ccc3sc4c(-c5cc(C(C)(C)C)c6sccc6c5)ncnc4c3c12. The van der Waals surface area contributed by atoms with Crippen molar-refractivity contribution in [2.45, 2.75) is 52.9 Å². The van der Waals surface area contributed by atoms with Crippen molar-refractivity contribution in [1.29, 1.82) is 0 Å². The summed E-state index contributed by atoms with van der Waals surface area (Å²) < 4.78 is 5.26. The monoisotopic (exact) mass is 486 g/mol. The Balaban J connectivity index is 1.69. The minimum Gasteiger partial charge on any atom is -0.235 e. The van der Waals surface area contributed by atoms with Gasteiger partial charge >= 0.3 is 0 Å². The van der Waals surface area contributed by atoms with Gasteiger partial charge in [0.2, 0.25) is 0 Å². The van der Waals surface area contributed by atoms with Gasteiger partial charge in [0.25, 0.3) is 0 Å². The van der Waals surface area contributed by atoms with Gasteiger partial charge in [-0.05, 0) is 71.0 Å². The van der Waals surface area contributed by atoms with Crippen LogP contribution in [0.4, 0.5) is 0 Å². The smallest absolute Gasteiger partial charge is 0.116 e. The third-order valence-corrected chi connectivity index (χ3v) is 9.73. The number of thiophene rings is 3. The first-order chi connectivity index (χ1) is 15.9. The van der Waals surface area contributed by atoms with E-state index in [2.05, 4.69) is 70.3 Å². The Labute approximate surface area is 205 Å². The van der Waals surface area contributed by atoms with Gasteiger partial charge in [-0.25, -0.2) is 9.97 Å². The van der Waals surface area contributed by atoms with Gasteiger partial charge in [0.15, 0.2) is 0 Å². The Kier molecular flexibility index (Phi) is 4.88. The van der Waals surface area contributed by atoms with Crippen molar-refractivity contribution < 1.29 is 0 Å². The molecule has 0 unspecified atom stereocenters. The number of benzene rings is 2. The highest BCUT2D eigenvalue weighted by Crippen LogP contribution is 2.46. The summed E-state index contributed by atoms with van der Waals surface area (Å²) >= 11 is 5.59. The van der Waals surface area contributed by atoms with Crippen LogP contribution in [0.25, 0.3) is 51.7 Å². The van der Waals surface area contributed by atoms with Crippen LogP contribution < -0.4 is 0 Å². The van der Waals surface area contributed by atoms with Gasteiger partial charge in [-0.3, -0.25) is 0 Å². The van der Waals surface area contributed by atoms with E-state index < -0.39 is 0 Å². The zero-order valence-corrected chi connectivity index (χ0v) is 22.0. The van der Waals surface area contributed by atoms with Crippen molar-refractivity contribution in [2.24, 2.45) is 0 Å². The van der Waals surface area contributed by atoms with Gasteiger partial charge in [-0.15, -0.1) is 34.0 Å². The van der Waals surface area contributed by atoms with Crippen LogP contribution in [0.3, 0.4) is 0 Å². The van der Waals surface area contributed by atoms with Gasteiger partial charge in [-0.1, -0.05) is 34.1 Å². The van der Waals surface area contributed by atoms with E-state index in [1.807, 2.05) is 34.0 Å². The van der Waals surface area contributed by atoms with Crippen LogP contribution in [0.1, 0.15) is 50.1 Å². The average molecular weight is 487 g/mol. The lowest BCUT2D eigenvalue weighted by atomic mass is 9.85. The van der Waals surface area contributed by atoms with E-state index in [0.29, 0.717) is 0 Å². The molecule has 0 bridgehead atoms. The molecule has 2 aromatic carbocycles. The highest BCUT2D eigenvalue weighted by molar-refractivity contribution is 7.26. The van der Waals surface area contributed by atoms with Crippen molar-refractivity contribution in [3.8, 4) is 11.3 Å². The number of hydrogen-bond donors (Lipinski definition) is 0. The topological polar surface area (TPSA) is 25.8 Å². The summed E-state index contributed by atoms with van der Waals surface area (Å²) in [4.78, 5) is 11.1. The standard InChI is InChI=1S/C28H26N2S3/c1-6-7-18-15(2)32-20-8-9-21-23(22(18)20)25-27(33-21)24(29-14-30-25)17-12-16-10-11-31-26(16)19(13-17)28(3,4)5/h8-14H,6-7H2,1-5H3. The summed E-state index contributed by atoms with van der Waals surface area (Å²) in [6.45, 7) is 11.4. The molecule has 0 spiro atoms. The maximum absolute atomic E-state index is 4.85. The van der Waals surface area contributed by atoms with Gasteiger partial charge in [0, 0.05) is 35.3 Å². The maximum Gasteiger partial charge on any atom is 0.116 e. The highest BCUT2D eigenvalue weighted by Gasteiger charge is 2.22. The van der Waals surface area contributed by atoms with Crippen molar-refractivity contribution in [1.82, 2.24) is 9.97 Å². The van der Waals surface area contributed by atoms with Gasteiger partial charge in [-0.2, -0.15) is 0 Å². The molecule has 0 aliphatic carbocycles. The third-order valence-electron chi connectivity index (χ3n) is 6.50. The second-order valence-electron chi connectivity index (χ2n) is 9.81. The third kappa shape index (κ3) is 3.24. The van der Waals surface area contributed by atoms with Crippen LogP contribution in [0.5, 0.6) is 0 Å². The number of hydrogen-bond acceptors (Lipinski definition) is 5. The Bertz CT molecular complexity index is 1670. The molecule has 4 heterocycles. The van der Waals surface area contributed by atoms with E-state index >= 15 is 0 Å². The van der Waals surface area contributed by atoms with Gasteiger partial charge < -0.3 is 0 Å². The summed E-state index contributed by atoms with van der Waals surface area (Å²) in [5.74, 6) is 0. The lowest BCUT2D eigenvalue weighted by Crippen LogP contribution is -2.11. The largest absolute Gasteiger partial charge is 0.235 e. The second-order valence-corrected chi connectivity index (χ2v) is 13.0. The van der Waals surface area contributed by atoms with E-state index in [1.165, 1.54) is 56.5 Å². The van der Waals surface area contributed by atoms with Crippen LogP contribution in [0.15, 0.2) is 42.0 Å². The molecule has 0 saturated heterocycles. The minimum atomic E-state index is 0.0703. The molecule has 0 N–H and O–H groups in total. The highest BCUT2D eigenvalue weighted by atomic mass is 32.1. The van der Waals surface area contributed by atoms with E-state index in [0.717, 1.165) is 24.1 Å². The van der Waals surface area contributed by atoms with Crippen molar-refractivity contribution in [2.75, 3.05) is 0 Å². The fraction of sp³-hybridized carbons (Fsp3) is 0.286. The quantitative estimate of drug-likeness (QED) is 0.249. The molecule has 0 fully saturated rings. The van der Waals surface area contributed by atoms with Crippen molar-refractivity contribution in [3.05, 3.63) is 58.0 Å². The number of rotatable bonds is 3. The molecule has 4 aromatic heterocycles. The van der Waals surface area contributed by atoms with E-state index in [4.69, 9.17) is 9.97 Å². The molecule has 6 rings (SSSR count). The zero-order valence-electron chi connectivity index (χ0n) is 19.6. The Hall–Kier alpha value is -2.34. The molecule has 0 atom stereocenters. The van der Waals surface area contributed by atoms with Crippen LogP contribution >= 0.6 is 34.0 Å². The molecule has 166 valence electrons. The normalized spacial score (nSPS) is 12.6. The fourth-order valence-electron chi connectivity index (χ4n) is 4.96. The van der Waals surface area contributed by atoms with Crippen LogP contribution in [0, 0.1) is 6.92 Å². The van der Waals surface area contributed by atoms with Crippen LogP contribution in [-0.4, -0.2) is 9.97 Å². The Morgan fingerprint density at radius 1 is 0.909 bits per heavy atom. The average Bonchev–Trinajstić information content (AvgIpc) is 3.47. The van der Waals surface area contributed by atoms with Gasteiger partial charge in [0.1, 0.15) is 6.33 Å². The molecule has 5 heteroatoms. The number of aromatic nitrogens is 2. The van der Waals surface area contributed by atoms with Gasteiger partial charge in [0.05, 0.1) is 15.9 Å². The van der Waals surface area contributed by atoms with E-state index in [1.54, 1.807) is 6.33 Å². The molecule has 6 aromatic rings. The predicted molar refractivity (Wildman–Crippen MR) is 149 cm³/mol. The summed E-state index contributed by atoms with van der Waals surface area (Å²) in [7, 11) is 0. The van der Waals surface area contributed by atoms with Crippen LogP contribution in [-0.2, 0) is 11.8 Å². The number of fused-ring (bicyclic) bond motifs is 6. The van der Waals surface area contributed by atoms with E-state index in [9.17, 15) is 0 Å². The molecule has 0 saturated carbocycles. The zero-order chi connectivity index (χ0) is 22.9. The van der Waals surface area contributed by atoms with E-state index in [-0.39, 0.29) is 5.41 Å². The molecule has 0 amide bonds. The summed E-state index contributed by atoms with van der Waals surface area (Å²) in [6, 6.07) is 11.5. The second kappa shape index (κ2) is 7.59. The van der Waals surface area contributed by atoms with Crippen molar-refractivity contribution >= 4 is 74.5 Å². The fourth-order valence-corrected chi connectivity index (χ4v) is 8.36. The van der Waals surface area contributed by atoms with Crippen molar-refractivity contribution in [3.63, 3.8) is 0 Å². The Morgan fingerprint density at radius 3 is 2.45 bits per heavy atom. The molecular weight excluding hydrogens is 461 g/mol. The first-order valence-electron chi connectivity index (χ1n) is 11.5. The molecule has 0 aliphatic rings. The first-order valence-corrected chi connectivity index (χ1v) is 14.0. The number of aryl methyl sites for hydroxylation is 2. The summed E-state index contributed by atoms with van der Waals surface area (Å²) in [5.41, 5.74) is 6.30. The Morgan fingerprint density at radius 2 is 1.70 bits per heavy atom.